The van der Waals surface area contributed by atoms with Crippen molar-refractivity contribution in [3.63, 3.8) is 0 Å². The summed E-state index contributed by atoms with van der Waals surface area (Å²) in [6, 6.07) is 13.9. The predicted octanol–water partition coefficient (Wildman–Crippen LogP) is 2.70. The standard InChI is InChI=1S/C22H20FN3O3/c23-15-7-5-14(6-8-15)21(28)24-16-9-11-26(12-10-16)22(29)18-13-20(27)25-19-4-2-1-3-17(18)19/h1-8,13,16H,9-12H2,(H,24,28)(H,25,27). The number of halogens is 1. The minimum atomic E-state index is -0.388. The van der Waals surface area contributed by atoms with Crippen LogP contribution in [0.4, 0.5) is 4.39 Å². The number of piperidine rings is 1. The number of nitrogens with zero attached hydrogens (tertiary/aromatic N) is 1. The van der Waals surface area contributed by atoms with E-state index in [-0.39, 0.29) is 29.2 Å². The van der Waals surface area contributed by atoms with E-state index in [4.69, 9.17) is 0 Å². The van der Waals surface area contributed by atoms with Crippen LogP contribution in [0.2, 0.25) is 0 Å². The van der Waals surface area contributed by atoms with Crippen molar-refractivity contribution >= 4 is 22.7 Å². The van der Waals surface area contributed by atoms with E-state index in [9.17, 15) is 18.8 Å². The van der Waals surface area contributed by atoms with Crippen LogP contribution in [0.15, 0.2) is 59.4 Å². The summed E-state index contributed by atoms with van der Waals surface area (Å²) < 4.78 is 13.0. The number of aromatic amines is 1. The molecule has 0 atom stereocenters. The van der Waals surface area contributed by atoms with E-state index in [0.717, 1.165) is 0 Å². The van der Waals surface area contributed by atoms with Crippen LogP contribution in [0.25, 0.3) is 10.9 Å². The second-order valence-electron chi connectivity index (χ2n) is 7.14. The van der Waals surface area contributed by atoms with Gasteiger partial charge in [-0.05, 0) is 43.2 Å². The molecule has 1 aliphatic rings. The van der Waals surface area contributed by atoms with Gasteiger partial charge >= 0.3 is 0 Å². The zero-order chi connectivity index (χ0) is 20.4. The zero-order valence-electron chi connectivity index (χ0n) is 15.7. The zero-order valence-corrected chi connectivity index (χ0v) is 15.7. The van der Waals surface area contributed by atoms with Crippen LogP contribution in [0, 0.1) is 5.82 Å². The molecular formula is C22H20FN3O3. The van der Waals surface area contributed by atoms with Crippen molar-refractivity contribution in [1.82, 2.24) is 15.2 Å². The lowest BCUT2D eigenvalue weighted by Crippen LogP contribution is -2.46. The molecule has 4 rings (SSSR count). The molecular weight excluding hydrogens is 373 g/mol. The lowest BCUT2D eigenvalue weighted by molar-refractivity contribution is 0.0700. The topological polar surface area (TPSA) is 82.3 Å². The third kappa shape index (κ3) is 4.03. The minimum absolute atomic E-state index is 0.0625. The fraction of sp³-hybridized carbons (Fsp3) is 0.227. The molecule has 6 nitrogen and oxygen atoms in total. The monoisotopic (exact) mass is 393 g/mol. The molecule has 2 heterocycles. The van der Waals surface area contributed by atoms with Gasteiger partial charge < -0.3 is 15.2 Å². The maximum atomic E-state index is 13.0. The summed E-state index contributed by atoms with van der Waals surface area (Å²) >= 11 is 0. The van der Waals surface area contributed by atoms with E-state index in [2.05, 4.69) is 10.3 Å². The van der Waals surface area contributed by atoms with Crippen LogP contribution in [-0.4, -0.2) is 40.8 Å². The predicted molar refractivity (Wildman–Crippen MR) is 107 cm³/mol. The molecule has 3 aromatic rings. The van der Waals surface area contributed by atoms with Crippen molar-refractivity contribution in [1.29, 1.82) is 0 Å². The number of likely N-dealkylation sites (tertiary alicyclic amines) is 1. The molecule has 1 fully saturated rings. The van der Waals surface area contributed by atoms with Crippen molar-refractivity contribution in [2.75, 3.05) is 13.1 Å². The van der Waals surface area contributed by atoms with Crippen LogP contribution < -0.4 is 10.9 Å². The van der Waals surface area contributed by atoms with Gasteiger partial charge in [0, 0.05) is 41.7 Å². The number of aromatic nitrogens is 1. The molecule has 1 saturated heterocycles. The quantitative estimate of drug-likeness (QED) is 0.718. The highest BCUT2D eigenvalue weighted by Gasteiger charge is 2.26. The molecule has 1 aliphatic heterocycles. The lowest BCUT2D eigenvalue weighted by Gasteiger charge is -2.32. The second-order valence-corrected chi connectivity index (χ2v) is 7.14. The van der Waals surface area contributed by atoms with Crippen molar-refractivity contribution in [3.05, 3.63) is 81.9 Å². The number of hydrogen-bond donors (Lipinski definition) is 2. The van der Waals surface area contributed by atoms with Gasteiger partial charge in [-0.3, -0.25) is 14.4 Å². The van der Waals surface area contributed by atoms with Gasteiger partial charge in [0.05, 0.1) is 5.56 Å². The third-order valence-corrected chi connectivity index (χ3v) is 5.20. The normalized spacial score (nSPS) is 14.7. The molecule has 0 saturated carbocycles. The second kappa shape index (κ2) is 7.87. The van der Waals surface area contributed by atoms with Gasteiger partial charge in [-0.25, -0.2) is 4.39 Å². The molecule has 2 N–H and O–H groups in total. The van der Waals surface area contributed by atoms with Crippen molar-refractivity contribution < 1.29 is 14.0 Å². The smallest absolute Gasteiger partial charge is 0.254 e. The molecule has 0 bridgehead atoms. The first kappa shape index (κ1) is 18.9. The fourth-order valence-electron chi connectivity index (χ4n) is 3.65. The highest BCUT2D eigenvalue weighted by molar-refractivity contribution is 6.06. The largest absolute Gasteiger partial charge is 0.349 e. The van der Waals surface area contributed by atoms with Crippen LogP contribution >= 0.6 is 0 Å². The molecule has 29 heavy (non-hydrogen) atoms. The van der Waals surface area contributed by atoms with Crippen LogP contribution in [0.3, 0.4) is 0 Å². The molecule has 1 aromatic heterocycles. The van der Waals surface area contributed by atoms with Crippen molar-refractivity contribution in [3.8, 4) is 0 Å². The van der Waals surface area contributed by atoms with Crippen LogP contribution in [0.1, 0.15) is 33.6 Å². The molecule has 148 valence electrons. The van der Waals surface area contributed by atoms with Gasteiger partial charge in [-0.15, -0.1) is 0 Å². The number of carbonyl (C=O) groups excluding carboxylic acids is 2. The number of para-hydroxylation sites is 1. The maximum Gasteiger partial charge on any atom is 0.254 e. The Kier molecular flexibility index (Phi) is 5.12. The summed E-state index contributed by atoms with van der Waals surface area (Å²) in [6.07, 6.45) is 1.22. The number of hydrogen-bond acceptors (Lipinski definition) is 3. The average Bonchev–Trinajstić information content (AvgIpc) is 2.73. The third-order valence-electron chi connectivity index (χ3n) is 5.20. The number of nitrogens with one attached hydrogen (secondary N) is 2. The van der Waals surface area contributed by atoms with Gasteiger partial charge in [0.2, 0.25) is 5.56 Å². The number of amides is 2. The average molecular weight is 393 g/mol. The summed E-state index contributed by atoms with van der Waals surface area (Å²) in [7, 11) is 0. The molecule has 0 unspecified atom stereocenters. The number of pyridine rings is 1. The van der Waals surface area contributed by atoms with E-state index < -0.39 is 0 Å². The number of H-pyrrole nitrogens is 1. The van der Waals surface area contributed by atoms with Gasteiger partial charge in [0.25, 0.3) is 11.8 Å². The Balaban J connectivity index is 1.42. The summed E-state index contributed by atoms with van der Waals surface area (Å²) in [4.78, 5) is 41.7. The summed E-state index contributed by atoms with van der Waals surface area (Å²) in [5.74, 6) is -0.827. The fourth-order valence-corrected chi connectivity index (χ4v) is 3.65. The number of benzene rings is 2. The molecule has 0 radical (unpaired) electrons. The van der Waals surface area contributed by atoms with Gasteiger partial charge in [-0.1, -0.05) is 18.2 Å². The van der Waals surface area contributed by atoms with E-state index in [1.807, 2.05) is 18.2 Å². The molecule has 0 aliphatic carbocycles. The summed E-state index contributed by atoms with van der Waals surface area (Å²) in [5.41, 5.74) is 1.11. The first-order valence-electron chi connectivity index (χ1n) is 9.49. The Morgan fingerprint density at radius 2 is 1.72 bits per heavy atom. The first-order chi connectivity index (χ1) is 14.0. The van der Waals surface area contributed by atoms with E-state index in [0.29, 0.717) is 48.0 Å². The Morgan fingerprint density at radius 1 is 1.03 bits per heavy atom. The summed E-state index contributed by atoms with van der Waals surface area (Å²) in [5, 5.41) is 3.65. The number of carbonyl (C=O) groups is 2. The Hall–Kier alpha value is -3.48. The molecule has 2 aromatic carbocycles. The van der Waals surface area contributed by atoms with Crippen LogP contribution in [-0.2, 0) is 0 Å². The van der Waals surface area contributed by atoms with Crippen molar-refractivity contribution in [2.45, 2.75) is 18.9 Å². The Morgan fingerprint density at radius 3 is 2.45 bits per heavy atom. The van der Waals surface area contributed by atoms with E-state index >= 15 is 0 Å². The summed E-state index contributed by atoms with van der Waals surface area (Å²) in [6.45, 7) is 0.961. The maximum absolute atomic E-state index is 13.0. The lowest BCUT2D eigenvalue weighted by atomic mass is 10.0. The number of rotatable bonds is 3. The highest BCUT2D eigenvalue weighted by Crippen LogP contribution is 2.19. The minimum Gasteiger partial charge on any atom is -0.349 e. The van der Waals surface area contributed by atoms with Crippen molar-refractivity contribution in [2.24, 2.45) is 0 Å². The van der Waals surface area contributed by atoms with Crippen LogP contribution in [0.5, 0.6) is 0 Å². The Labute approximate surface area is 166 Å². The molecule has 7 heteroatoms. The highest BCUT2D eigenvalue weighted by atomic mass is 19.1. The molecule has 2 amide bonds. The first-order valence-corrected chi connectivity index (χ1v) is 9.49. The van der Waals surface area contributed by atoms with Gasteiger partial charge in [0.15, 0.2) is 0 Å². The Bertz CT molecular complexity index is 1120. The van der Waals surface area contributed by atoms with E-state index in [1.54, 1.807) is 11.0 Å². The van der Waals surface area contributed by atoms with Gasteiger partial charge in [0.1, 0.15) is 5.82 Å². The van der Waals surface area contributed by atoms with Gasteiger partial charge in [-0.2, -0.15) is 0 Å². The number of fused-ring (bicyclic) bond motifs is 1. The van der Waals surface area contributed by atoms with E-state index in [1.165, 1.54) is 30.3 Å². The SMILES string of the molecule is O=C(NC1CCN(C(=O)c2cc(=O)[nH]c3ccccc23)CC1)c1ccc(F)cc1. The molecule has 0 spiro atoms.